The Hall–Kier alpha value is -2.93. The Bertz CT molecular complexity index is 1260. The van der Waals surface area contributed by atoms with Gasteiger partial charge in [0.1, 0.15) is 23.5 Å². The molecule has 3 unspecified atom stereocenters. The lowest BCUT2D eigenvalue weighted by Crippen LogP contribution is -2.42. The molecule has 0 spiro atoms. The maximum atomic E-state index is 14.1. The minimum Gasteiger partial charge on any atom is -0.496 e. The molecule has 36 heavy (non-hydrogen) atoms. The minimum atomic E-state index is -0.594. The third-order valence-corrected chi connectivity index (χ3v) is 8.11. The summed E-state index contributed by atoms with van der Waals surface area (Å²) in [5.74, 6) is -1.39. The lowest BCUT2D eigenvalue weighted by Gasteiger charge is -2.40. The molecule has 1 heterocycles. The smallest absolute Gasteiger partial charge is 0.336 e. The topological polar surface area (TPSA) is 64.6 Å². The molecule has 3 aliphatic rings. The summed E-state index contributed by atoms with van der Waals surface area (Å²) in [5, 5.41) is 3.36. The number of benzene rings is 2. The normalized spacial score (nSPS) is 24.2. The number of methoxy groups -OCH3 is 1. The predicted octanol–water partition coefficient (Wildman–Crippen LogP) is 6.30. The number of para-hydroxylation sites is 1. The summed E-state index contributed by atoms with van der Waals surface area (Å²) in [7, 11) is 1.62. The zero-order valence-electron chi connectivity index (χ0n) is 20.4. The molecule has 1 aliphatic heterocycles. The second-order valence-electron chi connectivity index (χ2n) is 9.75. The van der Waals surface area contributed by atoms with Gasteiger partial charge in [0.2, 0.25) is 0 Å². The summed E-state index contributed by atoms with van der Waals surface area (Å²) in [6.07, 6.45) is 6.03. The van der Waals surface area contributed by atoms with Crippen molar-refractivity contribution in [3.63, 3.8) is 0 Å². The van der Waals surface area contributed by atoms with E-state index in [1.165, 1.54) is 6.07 Å². The minimum absolute atomic E-state index is 0.0139. The summed E-state index contributed by atoms with van der Waals surface area (Å²) in [6, 6.07) is 12.4. The highest BCUT2D eigenvalue weighted by atomic mass is 79.9. The lowest BCUT2D eigenvalue weighted by molar-refractivity contribution is -0.144. The van der Waals surface area contributed by atoms with E-state index in [9.17, 15) is 14.0 Å². The summed E-state index contributed by atoms with van der Waals surface area (Å²) in [5.41, 5.74) is 3.48. The highest BCUT2D eigenvalue weighted by molar-refractivity contribution is 9.10. The van der Waals surface area contributed by atoms with E-state index in [0.717, 1.165) is 42.7 Å². The van der Waals surface area contributed by atoms with Crippen molar-refractivity contribution in [2.75, 3.05) is 7.11 Å². The summed E-state index contributed by atoms with van der Waals surface area (Å²) >= 11 is 3.28. The van der Waals surface area contributed by atoms with Crippen LogP contribution < -0.4 is 10.1 Å². The fourth-order valence-electron chi connectivity index (χ4n) is 5.80. The van der Waals surface area contributed by atoms with Gasteiger partial charge in [0.25, 0.3) is 0 Å². The van der Waals surface area contributed by atoms with Gasteiger partial charge in [-0.1, -0.05) is 30.3 Å². The van der Waals surface area contributed by atoms with Gasteiger partial charge in [0, 0.05) is 35.2 Å². The monoisotopic (exact) mass is 553 g/mol. The largest absolute Gasteiger partial charge is 0.496 e. The van der Waals surface area contributed by atoms with Gasteiger partial charge in [-0.25, -0.2) is 9.18 Å². The number of hydrogen-bond acceptors (Lipinski definition) is 5. The summed E-state index contributed by atoms with van der Waals surface area (Å²) in [6.45, 7) is 1.84. The standard InChI is InChI=1S/C29H29BrFNO4/c1-16-26(29(34)36-19-7-3-4-8-19)27(17-11-12-22(31)21(30)13-17)28-23(32-16)14-18(15-24(28)33)20-9-5-6-10-25(20)35-2/h5-6,9-14,18-19,27-28,32H,3-4,7-8,15H2,1-2H3. The van der Waals surface area contributed by atoms with Crippen LogP contribution in [-0.2, 0) is 14.3 Å². The van der Waals surface area contributed by atoms with Crippen molar-refractivity contribution in [1.82, 2.24) is 5.32 Å². The highest BCUT2D eigenvalue weighted by Gasteiger charge is 2.45. The van der Waals surface area contributed by atoms with Gasteiger partial charge in [-0.2, -0.15) is 0 Å². The zero-order valence-corrected chi connectivity index (χ0v) is 21.9. The lowest BCUT2D eigenvalue weighted by atomic mass is 9.68. The van der Waals surface area contributed by atoms with E-state index in [1.54, 1.807) is 19.2 Å². The third-order valence-electron chi connectivity index (χ3n) is 7.50. The van der Waals surface area contributed by atoms with Crippen molar-refractivity contribution in [3.05, 3.63) is 86.9 Å². The number of carbonyl (C=O) groups excluding carboxylic acids is 2. The van der Waals surface area contributed by atoms with E-state index in [-0.39, 0.29) is 24.2 Å². The Morgan fingerprint density at radius 1 is 1.11 bits per heavy atom. The molecule has 2 aliphatic carbocycles. The van der Waals surface area contributed by atoms with E-state index < -0.39 is 23.6 Å². The molecule has 1 saturated carbocycles. The number of ether oxygens (including phenoxy) is 2. The van der Waals surface area contributed by atoms with Crippen LogP contribution in [0.5, 0.6) is 5.75 Å². The van der Waals surface area contributed by atoms with Gasteiger partial charge in [-0.3, -0.25) is 4.79 Å². The van der Waals surface area contributed by atoms with Gasteiger partial charge < -0.3 is 14.8 Å². The molecule has 0 radical (unpaired) electrons. The average molecular weight is 554 g/mol. The number of halogens is 2. The van der Waals surface area contributed by atoms with E-state index >= 15 is 0 Å². The Labute approximate surface area is 218 Å². The fourth-order valence-corrected chi connectivity index (χ4v) is 6.20. The van der Waals surface area contributed by atoms with Crippen LogP contribution in [0.1, 0.15) is 62.0 Å². The Kier molecular flexibility index (Phi) is 7.02. The number of rotatable bonds is 5. The zero-order chi connectivity index (χ0) is 25.4. The number of Topliss-reactive ketones (excluding diaryl/α,β-unsaturated/α-hetero) is 1. The van der Waals surface area contributed by atoms with Crippen LogP contribution in [0, 0.1) is 11.7 Å². The first kappa shape index (κ1) is 24.8. The Balaban J connectivity index is 1.59. The first-order chi connectivity index (χ1) is 17.4. The maximum absolute atomic E-state index is 14.1. The molecule has 3 atom stereocenters. The SMILES string of the molecule is COc1ccccc1C1C=C2NC(C)=C(C(=O)OC3CCCC3)C(c3ccc(F)c(Br)c3)C2C(=O)C1. The molecule has 0 bridgehead atoms. The van der Waals surface area contributed by atoms with Crippen molar-refractivity contribution in [1.29, 1.82) is 0 Å². The molecule has 5 rings (SSSR count). The molecular formula is C29H29BrFNO4. The Morgan fingerprint density at radius 2 is 1.86 bits per heavy atom. The molecular weight excluding hydrogens is 525 g/mol. The van der Waals surface area contributed by atoms with Crippen LogP contribution in [0.3, 0.4) is 0 Å². The van der Waals surface area contributed by atoms with E-state index in [2.05, 4.69) is 27.3 Å². The molecule has 0 amide bonds. The molecule has 1 N–H and O–H groups in total. The maximum Gasteiger partial charge on any atom is 0.336 e. The molecule has 1 fully saturated rings. The van der Waals surface area contributed by atoms with Gasteiger partial charge in [-0.15, -0.1) is 0 Å². The van der Waals surface area contributed by atoms with E-state index in [1.807, 2.05) is 31.2 Å². The predicted molar refractivity (Wildman–Crippen MR) is 138 cm³/mol. The quantitative estimate of drug-likeness (QED) is 0.440. The molecule has 0 saturated heterocycles. The van der Waals surface area contributed by atoms with Crippen LogP contribution in [0.15, 0.2) is 70.0 Å². The van der Waals surface area contributed by atoms with Crippen molar-refractivity contribution < 1.29 is 23.5 Å². The number of esters is 1. The highest BCUT2D eigenvalue weighted by Crippen LogP contribution is 2.47. The van der Waals surface area contributed by atoms with Gasteiger partial charge in [-0.05, 0) is 72.3 Å². The van der Waals surface area contributed by atoms with E-state index in [0.29, 0.717) is 21.3 Å². The number of hydrogen-bond donors (Lipinski definition) is 1. The van der Waals surface area contributed by atoms with Crippen LogP contribution in [0.2, 0.25) is 0 Å². The van der Waals surface area contributed by atoms with Crippen molar-refractivity contribution in [2.45, 2.75) is 57.0 Å². The van der Waals surface area contributed by atoms with Gasteiger partial charge in [0.05, 0.1) is 23.1 Å². The van der Waals surface area contributed by atoms with Crippen molar-refractivity contribution in [3.8, 4) is 5.75 Å². The molecule has 188 valence electrons. The third kappa shape index (κ3) is 4.61. The Morgan fingerprint density at radius 3 is 2.58 bits per heavy atom. The van der Waals surface area contributed by atoms with Gasteiger partial charge >= 0.3 is 5.97 Å². The van der Waals surface area contributed by atoms with Crippen LogP contribution in [0.25, 0.3) is 0 Å². The molecule has 2 aromatic carbocycles. The number of fused-ring (bicyclic) bond motifs is 1. The summed E-state index contributed by atoms with van der Waals surface area (Å²) in [4.78, 5) is 27.3. The van der Waals surface area contributed by atoms with Crippen molar-refractivity contribution >= 4 is 27.7 Å². The number of ketones is 1. The van der Waals surface area contributed by atoms with Crippen LogP contribution >= 0.6 is 15.9 Å². The molecule has 7 heteroatoms. The van der Waals surface area contributed by atoms with Crippen molar-refractivity contribution in [2.24, 2.45) is 5.92 Å². The molecule has 2 aromatic rings. The average Bonchev–Trinajstić information content (AvgIpc) is 3.37. The first-order valence-electron chi connectivity index (χ1n) is 12.4. The van der Waals surface area contributed by atoms with E-state index in [4.69, 9.17) is 9.47 Å². The molecule has 5 nitrogen and oxygen atoms in total. The second kappa shape index (κ2) is 10.2. The number of nitrogens with one attached hydrogen (secondary N) is 1. The molecule has 0 aromatic heterocycles. The van der Waals surface area contributed by atoms with Crippen LogP contribution in [0.4, 0.5) is 4.39 Å². The van der Waals surface area contributed by atoms with Gasteiger partial charge in [0.15, 0.2) is 0 Å². The first-order valence-corrected chi connectivity index (χ1v) is 13.2. The summed E-state index contributed by atoms with van der Waals surface area (Å²) < 4.78 is 25.9. The van der Waals surface area contributed by atoms with Crippen LogP contribution in [-0.4, -0.2) is 25.0 Å². The fraction of sp³-hybridized carbons (Fsp3) is 0.379. The number of carbonyl (C=O) groups is 2. The number of allylic oxidation sites excluding steroid dienone is 3. The second-order valence-corrected chi connectivity index (χ2v) is 10.6.